The summed E-state index contributed by atoms with van der Waals surface area (Å²) in [5, 5.41) is 24.8. The van der Waals surface area contributed by atoms with Crippen molar-refractivity contribution >= 4 is 29.7 Å². The van der Waals surface area contributed by atoms with E-state index in [-0.39, 0.29) is 5.92 Å². The molecule has 0 saturated heterocycles. The minimum atomic E-state index is -0.931. The normalized spacial score (nSPS) is 13.6. The Labute approximate surface area is 159 Å². The first-order chi connectivity index (χ1) is 11.8. The molecular weight excluding hydrogens is 362 g/mol. The maximum Gasteiger partial charge on any atom is 0.320 e. The third-order valence-electron chi connectivity index (χ3n) is 3.00. The maximum atomic E-state index is 10.1. The van der Waals surface area contributed by atoms with Gasteiger partial charge in [0.05, 0.1) is 0 Å². The first-order valence-electron chi connectivity index (χ1n) is 8.21. The molecule has 0 aliphatic carbocycles. The summed E-state index contributed by atoms with van der Waals surface area (Å²) in [4.78, 5) is 30.2. The minimum absolute atomic E-state index is 0.0208. The Balaban J connectivity index is -0.000000306. The lowest BCUT2D eigenvalue weighted by molar-refractivity contribution is -0.140. The van der Waals surface area contributed by atoms with Crippen molar-refractivity contribution in [2.75, 3.05) is 12.0 Å². The molecule has 0 bridgehead atoms. The molecule has 0 radical (unpaired) electrons. The van der Waals surface area contributed by atoms with Crippen molar-refractivity contribution in [3.63, 3.8) is 0 Å². The molecule has 0 fully saturated rings. The molecule has 3 unspecified atom stereocenters. The van der Waals surface area contributed by atoms with E-state index in [1.807, 2.05) is 20.1 Å². The topological polar surface area (TPSA) is 190 Å². The summed E-state index contributed by atoms with van der Waals surface area (Å²) in [5.41, 5.74) is 15.6. The smallest absolute Gasteiger partial charge is 0.320 e. The fraction of sp³-hybridized carbons (Fsp3) is 0.812. The SMILES string of the molecule is CC(C)C(N)C(=O)O.CC(C)CC(N)C(=O)O.CSCCC(N)C(=O)O. The van der Waals surface area contributed by atoms with Gasteiger partial charge >= 0.3 is 17.9 Å². The lowest BCUT2D eigenvalue weighted by Gasteiger charge is -2.07. The highest BCUT2D eigenvalue weighted by atomic mass is 32.2. The van der Waals surface area contributed by atoms with Gasteiger partial charge in [0.1, 0.15) is 18.1 Å². The van der Waals surface area contributed by atoms with Gasteiger partial charge in [-0.2, -0.15) is 11.8 Å². The van der Waals surface area contributed by atoms with Crippen LogP contribution in [0.25, 0.3) is 0 Å². The monoisotopic (exact) mass is 397 g/mol. The van der Waals surface area contributed by atoms with Crippen LogP contribution in [0.1, 0.15) is 40.5 Å². The highest BCUT2D eigenvalue weighted by Gasteiger charge is 2.14. The van der Waals surface area contributed by atoms with Gasteiger partial charge in [0.25, 0.3) is 0 Å². The zero-order valence-corrected chi connectivity index (χ0v) is 17.0. The number of carboxylic acids is 3. The van der Waals surface area contributed by atoms with Gasteiger partial charge in [-0.3, -0.25) is 14.4 Å². The third kappa shape index (κ3) is 20.7. The van der Waals surface area contributed by atoms with Crippen LogP contribution in [0.3, 0.4) is 0 Å². The quantitative estimate of drug-likeness (QED) is 0.322. The van der Waals surface area contributed by atoms with Gasteiger partial charge < -0.3 is 32.5 Å². The third-order valence-corrected chi connectivity index (χ3v) is 3.64. The highest BCUT2D eigenvalue weighted by Crippen LogP contribution is 2.01. The predicted molar refractivity (Wildman–Crippen MR) is 104 cm³/mol. The van der Waals surface area contributed by atoms with Gasteiger partial charge in [-0.1, -0.05) is 27.7 Å². The van der Waals surface area contributed by atoms with Gasteiger partial charge in [-0.05, 0) is 36.7 Å². The maximum absolute atomic E-state index is 10.1. The van der Waals surface area contributed by atoms with Gasteiger partial charge in [-0.25, -0.2) is 0 Å². The fourth-order valence-electron chi connectivity index (χ4n) is 1.26. The lowest BCUT2D eigenvalue weighted by atomic mass is 10.1. The van der Waals surface area contributed by atoms with Crippen LogP contribution in [0.5, 0.6) is 0 Å². The van der Waals surface area contributed by atoms with Crippen molar-refractivity contribution in [1.29, 1.82) is 0 Å². The molecule has 0 aromatic carbocycles. The molecule has 0 spiro atoms. The Morgan fingerprint density at radius 3 is 1.42 bits per heavy atom. The molecule has 0 rings (SSSR count). The number of hydrogen-bond acceptors (Lipinski definition) is 7. The van der Waals surface area contributed by atoms with Crippen molar-refractivity contribution in [3.05, 3.63) is 0 Å². The number of carboxylic acid groups (broad SMARTS) is 3. The molecule has 9 N–H and O–H groups in total. The molecule has 3 atom stereocenters. The molecule has 0 aromatic rings. The molecule has 0 heterocycles. The van der Waals surface area contributed by atoms with Crippen LogP contribution in [-0.4, -0.2) is 63.4 Å². The standard InChI is InChI=1S/C6H13NO2.C5H11NO2S.C5H11NO2/c1-4(2)3-5(7)6(8)9;1-9-3-2-4(6)5(7)8;1-3(2)4(6)5(7)8/h4-5H,3,7H2,1-2H3,(H,8,9);4H,2-3,6H2,1H3,(H,7,8);3-4H,6H2,1-2H3,(H,7,8). The summed E-state index contributed by atoms with van der Waals surface area (Å²) in [6, 6.07) is -2.09. The van der Waals surface area contributed by atoms with Crippen LogP contribution < -0.4 is 17.2 Å². The number of thioether (sulfide) groups is 1. The highest BCUT2D eigenvalue weighted by molar-refractivity contribution is 7.98. The first kappa shape index (κ1) is 29.4. The Morgan fingerprint density at radius 1 is 0.846 bits per heavy atom. The average Bonchev–Trinajstić information content (AvgIpc) is 2.51. The fourth-order valence-corrected chi connectivity index (χ4v) is 1.75. The van der Waals surface area contributed by atoms with Crippen molar-refractivity contribution < 1.29 is 29.7 Å². The molecule has 9 nitrogen and oxygen atoms in total. The Morgan fingerprint density at radius 2 is 1.27 bits per heavy atom. The van der Waals surface area contributed by atoms with Crippen LogP contribution in [0.4, 0.5) is 0 Å². The summed E-state index contributed by atoms with van der Waals surface area (Å²) >= 11 is 1.60. The van der Waals surface area contributed by atoms with Crippen LogP contribution in [-0.2, 0) is 14.4 Å². The van der Waals surface area contributed by atoms with E-state index in [4.69, 9.17) is 32.5 Å². The Hall–Kier alpha value is -1.36. The summed E-state index contributed by atoms with van der Waals surface area (Å²) in [5.74, 6) is -1.57. The van der Waals surface area contributed by atoms with Crippen molar-refractivity contribution in [1.82, 2.24) is 0 Å². The second-order valence-corrected chi connectivity index (χ2v) is 7.39. The number of rotatable bonds is 9. The van der Waals surface area contributed by atoms with Crippen LogP contribution >= 0.6 is 11.8 Å². The average molecular weight is 398 g/mol. The molecule has 0 amide bonds. The zero-order valence-electron chi connectivity index (χ0n) is 16.2. The molecule has 0 aliphatic rings. The van der Waals surface area contributed by atoms with E-state index in [0.29, 0.717) is 18.8 Å². The van der Waals surface area contributed by atoms with E-state index < -0.39 is 36.0 Å². The van der Waals surface area contributed by atoms with Gasteiger partial charge in [0.15, 0.2) is 0 Å². The largest absolute Gasteiger partial charge is 0.480 e. The van der Waals surface area contributed by atoms with Crippen LogP contribution in [0.2, 0.25) is 0 Å². The molecule has 0 aromatic heterocycles. The molecular formula is C16H35N3O6S. The van der Waals surface area contributed by atoms with Crippen molar-refractivity contribution in [2.24, 2.45) is 29.0 Å². The number of hydrogen-bond donors (Lipinski definition) is 6. The molecule has 0 saturated carbocycles. The predicted octanol–water partition coefficient (Wildman–Crippen LogP) is 0.650. The zero-order chi connectivity index (χ0) is 21.4. The number of carbonyl (C=O) groups is 3. The second kappa shape index (κ2) is 17.1. The second-order valence-electron chi connectivity index (χ2n) is 6.41. The summed E-state index contributed by atoms with van der Waals surface area (Å²) in [6.07, 6.45) is 3.03. The minimum Gasteiger partial charge on any atom is -0.480 e. The van der Waals surface area contributed by atoms with E-state index in [1.165, 1.54) is 0 Å². The van der Waals surface area contributed by atoms with E-state index in [1.54, 1.807) is 25.6 Å². The first-order valence-corrected chi connectivity index (χ1v) is 9.61. The van der Waals surface area contributed by atoms with Crippen LogP contribution in [0, 0.1) is 11.8 Å². The van der Waals surface area contributed by atoms with Gasteiger partial charge in [0, 0.05) is 0 Å². The van der Waals surface area contributed by atoms with Crippen molar-refractivity contribution in [3.8, 4) is 0 Å². The van der Waals surface area contributed by atoms with Crippen molar-refractivity contribution in [2.45, 2.75) is 58.7 Å². The summed E-state index contributed by atoms with van der Waals surface area (Å²) < 4.78 is 0. The molecule has 0 aliphatic heterocycles. The summed E-state index contributed by atoms with van der Waals surface area (Å²) in [6.45, 7) is 7.45. The molecule has 26 heavy (non-hydrogen) atoms. The number of aliphatic carboxylic acids is 3. The van der Waals surface area contributed by atoms with E-state index >= 15 is 0 Å². The summed E-state index contributed by atoms with van der Waals surface area (Å²) in [7, 11) is 0. The number of nitrogens with two attached hydrogens (primary N) is 3. The molecule has 156 valence electrons. The van der Waals surface area contributed by atoms with E-state index in [2.05, 4.69) is 0 Å². The van der Waals surface area contributed by atoms with Crippen LogP contribution in [0.15, 0.2) is 0 Å². The van der Waals surface area contributed by atoms with Gasteiger partial charge in [-0.15, -0.1) is 0 Å². The van der Waals surface area contributed by atoms with E-state index in [9.17, 15) is 14.4 Å². The van der Waals surface area contributed by atoms with Gasteiger partial charge in [0.2, 0.25) is 0 Å². The Kier molecular flexibility index (Phi) is 19.3. The molecule has 10 heteroatoms. The lowest BCUT2D eigenvalue weighted by Crippen LogP contribution is -2.34. The Bertz CT molecular complexity index is 407. The van der Waals surface area contributed by atoms with E-state index in [0.717, 1.165) is 5.75 Å².